The largest absolute Gasteiger partial charge is 0.504 e. The number of phenolic OH excluding ortho intramolecular Hbond substituents is 1. The first kappa shape index (κ1) is 22.4. The van der Waals surface area contributed by atoms with Crippen molar-refractivity contribution in [3.05, 3.63) is 17.2 Å². The first-order chi connectivity index (χ1) is 13.1. The number of hydrogen-bond donors (Lipinski definition) is 5. The first-order valence-corrected chi connectivity index (χ1v) is 10.8. The van der Waals surface area contributed by atoms with Gasteiger partial charge in [-0.1, -0.05) is 30.9 Å². The van der Waals surface area contributed by atoms with Crippen LogP contribution in [0.4, 0.5) is 5.69 Å². The molecule has 0 heterocycles. The summed E-state index contributed by atoms with van der Waals surface area (Å²) in [5.41, 5.74) is 5.56. The zero-order chi connectivity index (χ0) is 20.9. The number of phenols is 1. The molecular formula is C17H24ClN3O6S. The Morgan fingerprint density at radius 2 is 1.89 bits per heavy atom. The number of halogens is 1. The number of carbonyl (C=O) groups excluding carboxylic acids is 2. The molecule has 0 radical (unpaired) electrons. The van der Waals surface area contributed by atoms with Gasteiger partial charge in [-0.3, -0.25) is 14.1 Å². The fraction of sp³-hybridized carbons (Fsp3) is 0.529. The Labute approximate surface area is 168 Å². The molecular weight excluding hydrogens is 410 g/mol. The fourth-order valence-electron chi connectivity index (χ4n) is 3.05. The van der Waals surface area contributed by atoms with Crippen LogP contribution in [0.1, 0.15) is 44.9 Å². The molecule has 2 rings (SSSR count). The highest BCUT2D eigenvalue weighted by atomic mass is 35.5. The second-order valence-corrected chi connectivity index (χ2v) is 8.64. The van der Waals surface area contributed by atoms with Gasteiger partial charge in [0.15, 0.2) is 5.75 Å². The van der Waals surface area contributed by atoms with Gasteiger partial charge in [0.05, 0.1) is 11.7 Å². The molecule has 1 aromatic rings. The standard InChI is InChI=1S/C17H24ClN3O6S/c18-10-8-13(16(23)14(9-10)28(25,26)27)21-15(22)7-6-12(19)17(24)20-11-4-2-1-3-5-11/h8-9,11-12,23H,1-7,19H2,(H,20,24)(H,21,22)(H,25,26,27). The van der Waals surface area contributed by atoms with Crippen molar-refractivity contribution in [2.75, 3.05) is 5.32 Å². The fourth-order valence-corrected chi connectivity index (χ4v) is 3.96. The minimum absolute atomic E-state index is 0.0663. The number of aromatic hydroxyl groups is 1. The molecule has 0 aliphatic heterocycles. The lowest BCUT2D eigenvalue weighted by atomic mass is 9.95. The van der Waals surface area contributed by atoms with E-state index in [0.717, 1.165) is 44.2 Å². The van der Waals surface area contributed by atoms with Crippen molar-refractivity contribution in [1.82, 2.24) is 5.32 Å². The molecule has 1 saturated carbocycles. The van der Waals surface area contributed by atoms with Crippen molar-refractivity contribution < 1.29 is 27.7 Å². The van der Waals surface area contributed by atoms with Crippen LogP contribution in [0.3, 0.4) is 0 Å². The van der Waals surface area contributed by atoms with Crippen molar-refractivity contribution >= 4 is 39.2 Å². The van der Waals surface area contributed by atoms with E-state index in [0.29, 0.717) is 0 Å². The summed E-state index contributed by atoms with van der Waals surface area (Å²) in [6, 6.07) is 1.24. The third-order valence-electron chi connectivity index (χ3n) is 4.56. The van der Waals surface area contributed by atoms with E-state index in [1.54, 1.807) is 0 Å². The minimum Gasteiger partial charge on any atom is -0.504 e. The summed E-state index contributed by atoms with van der Waals surface area (Å²) in [4.78, 5) is 23.4. The minimum atomic E-state index is -4.72. The highest BCUT2D eigenvalue weighted by molar-refractivity contribution is 7.86. The summed E-state index contributed by atoms with van der Waals surface area (Å²) >= 11 is 5.76. The summed E-state index contributed by atoms with van der Waals surface area (Å²) in [5.74, 6) is -1.75. The number of nitrogens with two attached hydrogens (primary N) is 1. The van der Waals surface area contributed by atoms with E-state index in [2.05, 4.69) is 10.6 Å². The molecule has 11 heteroatoms. The van der Waals surface area contributed by atoms with E-state index in [9.17, 15) is 23.1 Å². The molecule has 0 aromatic heterocycles. The van der Waals surface area contributed by atoms with Crippen LogP contribution in [0.2, 0.25) is 5.02 Å². The molecule has 0 spiro atoms. The van der Waals surface area contributed by atoms with Gasteiger partial charge in [-0.2, -0.15) is 8.42 Å². The molecule has 1 aromatic carbocycles. The van der Waals surface area contributed by atoms with Crippen molar-refractivity contribution in [3.63, 3.8) is 0 Å². The Balaban J connectivity index is 1.91. The Hall–Kier alpha value is -1.88. The molecule has 28 heavy (non-hydrogen) atoms. The number of benzene rings is 1. The van der Waals surface area contributed by atoms with Crippen LogP contribution < -0.4 is 16.4 Å². The quantitative estimate of drug-likeness (QED) is 0.323. The van der Waals surface area contributed by atoms with Crippen molar-refractivity contribution in [3.8, 4) is 5.75 Å². The summed E-state index contributed by atoms with van der Waals surface area (Å²) < 4.78 is 31.6. The molecule has 6 N–H and O–H groups in total. The number of amides is 2. The SMILES string of the molecule is NC(CCC(=O)Nc1cc(Cl)cc(S(=O)(=O)O)c1O)C(=O)NC1CCCCC1. The number of anilines is 1. The van der Waals surface area contributed by atoms with Crippen LogP contribution >= 0.6 is 11.6 Å². The van der Waals surface area contributed by atoms with Gasteiger partial charge in [-0.05, 0) is 31.4 Å². The van der Waals surface area contributed by atoms with E-state index in [1.165, 1.54) is 0 Å². The molecule has 0 saturated heterocycles. The molecule has 0 bridgehead atoms. The smallest absolute Gasteiger partial charge is 0.298 e. The maximum atomic E-state index is 12.1. The van der Waals surface area contributed by atoms with Gasteiger partial charge in [0.25, 0.3) is 10.1 Å². The van der Waals surface area contributed by atoms with Gasteiger partial charge < -0.3 is 21.5 Å². The van der Waals surface area contributed by atoms with Gasteiger partial charge >= 0.3 is 0 Å². The monoisotopic (exact) mass is 433 g/mol. The maximum absolute atomic E-state index is 12.1. The summed E-state index contributed by atoms with van der Waals surface area (Å²) in [7, 11) is -4.72. The highest BCUT2D eigenvalue weighted by Gasteiger charge is 2.23. The molecule has 1 aliphatic rings. The average Bonchev–Trinajstić information content (AvgIpc) is 2.62. The average molecular weight is 434 g/mol. The second-order valence-electron chi connectivity index (χ2n) is 6.81. The number of carbonyl (C=O) groups is 2. The Kier molecular flexibility index (Phi) is 7.64. The molecule has 2 amide bonds. The molecule has 1 unspecified atom stereocenters. The van der Waals surface area contributed by atoms with Crippen LogP contribution in [0.15, 0.2) is 17.0 Å². The van der Waals surface area contributed by atoms with E-state index in [-0.39, 0.29) is 35.5 Å². The van der Waals surface area contributed by atoms with E-state index in [1.807, 2.05) is 0 Å². The van der Waals surface area contributed by atoms with Crippen LogP contribution in [0, 0.1) is 0 Å². The van der Waals surface area contributed by atoms with Crippen molar-refractivity contribution in [1.29, 1.82) is 0 Å². The molecule has 156 valence electrons. The van der Waals surface area contributed by atoms with Crippen LogP contribution in [0.5, 0.6) is 5.75 Å². The Morgan fingerprint density at radius 1 is 1.25 bits per heavy atom. The van der Waals surface area contributed by atoms with Gasteiger partial charge in [0, 0.05) is 17.5 Å². The van der Waals surface area contributed by atoms with Gasteiger partial charge in [-0.25, -0.2) is 0 Å². The predicted molar refractivity (Wildman–Crippen MR) is 104 cm³/mol. The lowest BCUT2D eigenvalue weighted by molar-refractivity contribution is -0.123. The molecule has 1 fully saturated rings. The summed E-state index contributed by atoms with van der Waals surface area (Å²) in [5, 5.41) is 15.0. The van der Waals surface area contributed by atoms with E-state index < -0.39 is 32.7 Å². The maximum Gasteiger partial charge on any atom is 0.298 e. The van der Waals surface area contributed by atoms with Crippen molar-refractivity contribution in [2.24, 2.45) is 5.73 Å². The number of nitrogens with one attached hydrogen (secondary N) is 2. The number of hydrogen-bond acceptors (Lipinski definition) is 6. The molecule has 9 nitrogen and oxygen atoms in total. The van der Waals surface area contributed by atoms with Gasteiger partial charge in [0.1, 0.15) is 4.90 Å². The second kappa shape index (κ2) is 9.55. The zero-order valence-corrected chi connectivity index (χ0v) is 16.7. The summed E-state index contributed by atoms with van der Waals surface area (Å²) in [6.45, 7) is 0. The topological polar surface area (TPSA) is 159 Å². The third kappa shape index (κ3) is 6.33. The van der Waals surface area contributed by atoms with Gasteiger partial charge in [0.2, 0.25) is 11.8 Å². The van der Waals surface area contributed by atoms with Crippen LogP contribution in [-0.2, 0) is 19.7 Å². The molecule has 1 aliphatic carbocycles. The highest BCUT2D eigenvalue weighted by Crippen LogP contribution is 2.34. The first-order valence-electron chi connectivity index (χ1n) is 8.93. The lowest BCUT2D eigenvalue weighted by Gasteiger charge is -2.24. The Bertz CT molecular complexity index is 840. The normalized spacial score (nSPS) is 16.4. The predicted octanol–water partition coefficient (Wildman–Crippen LogP) is 1.79. The van der Waals surface area contributed by atoms with Crippen molar-refractivity contribution in [2.45, 2.75) is 61.9 Å². The van der Waals surface area contributed by atoms with E-state index >= 15 is 0 Å². The lowest BCUT2D eigenvalue weighted by Crippen LogP contribution is -2.46. The van der Waals surface area contributed by atoms with E-state index in [4.69, 9.17) is 21.9 Å². The zero-order valence-electron chi connectivity index (χ0n) is 15.2. The Morgan fingerprint density at radius 3 is 2.50 bits per heavy atom. The summed E-state index contributed by atoms with van der Waals surface area (Å²) in [6.07, 6.45) is 5.07. The van der Waals surface area contributed by atoms with Crippen LogP contribution in [0.25, 0.3) is 0 Å². The third-order valence-corrected chi connectivity index (χ3v) is 5.65. The van der Waals surface area contributed by atoms with Gasteiger partial charge in [-0.15, -0.1) is 0 Å². The van der Waals surface area contributed by atoms with Crippen LogP contribution in [-0.4, -0.2) is 42.0 Å². The number of rotatable bonds is 7. The molecule has 1 atom stereocenters.